The van der Waals surface area contributed by atoms with Crippen LogP contribution in [0.1, 0.15) is 18.9 Å². The summed E-state index contributed by atoms with van der Waals surface area (Å²) >= 11 is 0. The molecule has 1 aromatic rings. The minimum atomic E-state index is -0.760. The average molecular weight is 250 g/mol. The maximum atomic E-state index is 11.0. The zero-order chi connectivity index (χ0) is 13.2. The topological polar surface area (TPSA) is 55.8 Å². The molecular formula is C14H18O4. The van der Waals surface area contributed by atoms with Crippen molar-refractivity contribution in [3.63, 3.8) is 0 Å². The standard InChI is InChI=1S/C14H18O4/c1-10(13(15)16)7-14(8-18-9-14)11-4-3-5-12(6-11)17-2/h3-6,10H,7-9H2,1-2H3,(H,15,16). The first kappa shape index (κ1) is 12.9. The largest absolute Gasteiger partial charge is 0.497 e. The second-order valence-corrected chi connectivity index (χ2v) is 4.95. The second-order valence-electron chi connectivity index (χ2n) is 4.95. The highest BCUT2D eigenvalue weighted by molar-refractivity contribution is 5.69. The molecule has 98 valence electrons. The Bertz CT molecular complexity index is 437. The molecule has 0 aliphatic carbocycles. The Labute approximate surface area is 107 Å². The van der Waals surface area contributed by atoms with Crippen molar-refractivity contribution in [3.05, 3.63) is 29.8 Å². The minimum absolute atomic E-state index is 0.174. The number of carboxylic acids is 1. The lowest BCUT2D eigenvalue weighted by Gasteiger charge is -2.43. The molecule has 1 aliphatic heterocycles. The molecule has 4 heteroatoms. The van der Waals surface area contributed by atoms with Gasteiger partial charge in [-0.25, -0.2) is 0 Å². The van der Waals surface area contributed by atoms with Gasteiger partial charge in [-0.1, -0.05) is 19.1 Å². The summed E-state index contributed by atoms with van der Waals surface area (Å²) in [6.07, 6.45) is 0.593. The molecule has 0 saturated carbocycles. The number of carbonyl (C=O) groups is 1. The van der Waals surface area contributed by atoms with Gasteiger partial charge in [0.15, 0.2) is 0 Å². The molecule has 1 fully saturated rings. The lowest BCUT2D eigenvalue weighted by molar-refractivity contribution is -0.144. The molecule has 0 bridgehead atoms. The summed E-state index contributed by atoms with van der Waals surface area (Å²) in [4.78, 5) is 11.0. The van der Waals surface area contributed by atoms with Crippen LogP contribution in [-0.4, -0.2) is 31.4 Å². The molecule has 1 saturated heterocycles. The summed E-state index contributed by atoms with van der Waals surface area (Å²) in [6, 6.07) is 7.80. The van der Waals surface area contributed by atoms with Crippen LogP contribution in [0.5, 0.6) is 5.75 Å². The molecule has 0 amide bonds. The van der Waals surface area contributed by atoms with Gasteiger partial charge >= 0.3 is 5.97 Å². The number of aliphatic carboxylic acids is 1. The van der Waals surface area contributed by atoms with Crippen LogP contribution in [0.2, 0.25) is 0 Å². The van der Waals surface area contributed by atoms with Gasteiger partial charge in [-0.3, -0.25) is 4.79 Å². The Morgan fingerprint density at radius 2 is 2.28 bits per heavy atom. The van der Waals surface area contributed by atoms with Crippen LogP contribution < -0.4 is 4.74 Å². The molecule has 1 aliphatic rings. The van der Waals surface area contributed by atoms with Crippen molar-refractivity contribution in [2.24, 2.45) is 5.92 Å². The van der Waals surface area contributed by atoms with Gasteiger partial charge < -0.3 is 14.6 Å². The number of carboxylic acid groups (broad SMARTS) is 1. The smallest absolute Gasteiger partial charge is 0.306 e. The van der Waals surface area contributed by atoms with Gasteiger partial charge in [0.25, 0.3) is 0 Å². The third-order valence-electron chi connectivity index (χ3n) is 3.56. The summed E-state index contributed by atoms with van der Waals surface area (Å²) < 4.78 is 10.5. The fourth-order valence-electron chi connectivity index (χ4n) is 2.38. The second kappa shape index (κ2) is 4.98. The van der Waals surface area contributed by atoms with Gasteiger partial charge in [-0.15, -0.1) is 0 Å². The number of hydrogen-bond donors (Lipinski definition) is 1. The van der Waals surface area contributed by atoms with Crippen molar-refractivity contribution >= 4 is 5.97 Å². The number of rotatable bonds is 5. The Hall–Kier alpha value is -1.55. The van der Waals surface area contributed by atoms with Crippen LogP contribution in [0.15, 0.2) is 24.3 Å². The van der Waals surface area contributed by atoms with Crippen molar-refractivity contribution in [1.29, 1.82) is 0 Å². The average Bonchev–Trinajstić information content (AvgIpc) is 2.33. The highest BCUT2D eigenvalue weighted by Gasteiger charge is 2.42. The van der Waals surface area contributed by atoms with Gasteiger partial charge in [0, 0.05) is 5.41 Å². The summed E-state index contributed by atoms with van der Waals surface area (Å²) in [7, 11) is 1.63. The first-order chi connectivity index (χ1) is 8.57. The number of hydrogen-bond acceptors (Lipinski definition) is 3. The monoisotopic (exact) mass is 250 g/mol. The Kier molecular flexibility index (Phi) is 3.57. The predicted octanol–water partition coefficient (Wildman–Crippen LogP) is 2.07. The van der Waals surface area contributed by atoms with E-state index in [1.165, 1.54) is 0 Å². The maximum absolute atomic E-state index is 11.0. The molecule has 1 heterocycles. The highest BCUT2D eigenvalue weighted by atomic mass is 16.5. The van der Waals surface area contributed by atoms with Gasteiger partial charge in [0.05, 0.1) is 26.2 Å². The molecule has 2 rings (SSSR count). The first-order valence-electron chi connectivity index (χ1n) is 6.02. The normalized spacial score (nSPS) is 18.8. The number of methoxy groups -OCH3 is 1. The molecule has 1 N–H and O–H groups in total. The fourth-order valence-corrected chi connectivity index (χ4v) is 2.38. The van der Waals surface area contributed by atoms with Crippen molar-refractivity contribution in [2.75, 3.05) is 20.3 Å². The Morgan fingerprint density at radius 1 is 1.56 bits per heavy atom. The Morgan fingerprint density at radius 3 is 2.78 bits per heavy atom. The van der Waals surface area contributed by atoms with E-state index in [4.69, 9.17) is 14.6 Å². The van der Waals surface area contributed by atoms with Crippen LogP contribution in [-0.2, 0) is 14.9 Å². The molecule has 0 spiro atoms. The van der Waals surface area contributed by atoms with Crippen LogP contribution >= 0.6 is 0 Å². The van der Waals surface area contributed by atoms with Crippen molar-refractivity contribution in [1.82, 2.24) is 0 Å². The minimum Gasteiger partial charge on any atom is -0.497 e. The summed E-state index contributed by atoms with van der Waals surface area (Å²) in [5.74, 6) is -0.342. The van der Waals surface area contributed by atoms with Gasteiger partial charge in [0.1, 0.15) is 5.75 Å². The van der Waals surface area contributed by atoms with Crippen molar-refractivity contribution in [3.8, 4) is 5.75 Å². The van der Waals surface area contributed by atoms with E-state index < -0.39 is 5.97 Å². The molecule has 1 aromatic carbocycles. The quantitative estimate of drug-likeness (QED) is 0.869. The molecule has 1 unspecified atom stereocenters. The zero-order valence-electron chi connectivity index (χ0n) is 10.7. The van der Waals surface area contributed by atoms with E-state index in [1.807, 2.05) is 24.3 Å². The first-order valence-corrected chi connectivity index (χ1v) is 6.02. The van der Waals surface area contributed by atoms with E-state index in [1.54, 1.807) is 14.0 Å². The van der Waals surface area contributed by atoms with E-state index in [2.05, 4.69) is 0 Å². The Balaban J connectivity index is 2.23. The number of benzene rings is 1. The number of ether oxygens (including phenoxy) is 2. The molecular weight excluding hydrogens is 232 g/mol. The lowest BCUT2D eigenvalue weighted by atomic mass is 9.72. The fraction of sp³-hybridized carbons (Fsp3) is 0.500. The summed E-state index contributed by atoms with van der Waals surface area (Å²) in [6.45, 7) is 2.90. The third-order valence-corrected chi connectivity index (χ3v) is 3.56. The van der Waals surface area contributed by atoms with E-state index >= 15 is 0 Å². The van der Waals surface area contributed by atoms with Gasteiger partial charge in [-0.2, -0.15) is 0 Å². The van der Waals surface area contributed by atoms with E-state index in [0.29, 0.717) is 19.6 Å². The molecule has 0 aromatic heterocycles. The molecule has 4 nitrogen and oxygen atoms in total. The van der Waals surface area contributed by atoms with Crippen LogP contribution in [0.4, 0.5) is 0 Å². The van der Waals surface area contributed by atoms with Crippen molar-refractivity contribution < 1.29 is 19.4 Å². The van der Waals surface area contributed by atoms with Crippen molar-refractivity contribution in [2.45, 2.75) is 18.8 Å². The van der Waals surface area contributed by atoms with E-state index in [-0.39, 0.29) is 11.3 Å². The molecule has 0 radical (unpaired) electrons. The predicted molar refractivity (Wildman–Crippen MR) is 66.9 cm³/mol. The zero-order valence-corrected chi connectivity index (χ0v) is 10.7. The SMILES string of the molecule is COc1cccc(C2(CC(C)C(=O)O)COC2)c1. The van der Waals surface area contributed by atoms with Crippen LogP contribution in [0.3, 0.4) is 0 Å². The maximum Gasteiger partial charge on any atom is 0.306 e. The molecule has 18 heavy (non-hydrogen) atoms. The molecule has 1 atom stereocenters. The summed E-state index contributed by atoms with van der Waals surface area (Å²) in [5, 5.41) is 9.05. The van der Waals surface area contributed by atoms with Gasteiger partial charge in [-0.05, 0) is 24.1 Å². The van der Waals surface area contributed by atoms with E-state index in [9.17, 15) is 4.79 Å². The lowest BCUT2D eigenvalue weighted by Crippen LogP contribution is -2.48. The summed E-state index contributed by atoms with van der Waals surface area (Å²) in [5.41, 5.74) is 0.924. The van der Waals surface area contributed by atoms with Gasteiger partial charge in [0.2, 0.25) is 0 Å². The van der Waals surface area contributed by atoms with Crippen LogP contribution in [0.25, 0.3) is 0 Å². The third kappa shape index (κ3) is 2.34. The highest BCUT2D eigenvalue weighted by Crippen LogP contribution is 2.39. The van der Waals surface area contributed by atoms with E-state index in [0.717, 1.165) is 11.3 Å². The van der Waals surface area contributed by atoms with Crippen LogP contribution in [0, 0.1) is 5.92 Å².